The smallest absolute Gasteiger partial charge is 0.412 e. The van der Waals surface area contributed by atoms with Crippen LogP contribution < -0.4 is 10.2 Å². The highest BCUT2D eigenvalue weighted by atomic mass is 16.6. The van der Waals surface area contributed by atoms with Crippen molar-refractivity contribution in [2.75, 3.05) is 36.4 Å². The molecule has 0 atom stereocenters. The van der Waals surface area contributed by atoms with Gasteiger partial charge in [0.1, 0.15) is 11.4 Å². The fourth-order valence-electron chi connectivity index (χ4n) is 3.05. The van der Waals surface area contributed by atoms with Gasteiger partial charge in [0.15, 0.2) is 0 Å². The fourth-order valence-corrected chi connectivity index (χ4v) is 3.05. The number of nitrogens with one attached hydrogen (secondary N) is 1. The van der Waals surface area contributed by atoms with Crippen molar-refractivity contribution in [2.24, 2.45) is 0 Å². The van der Waals surface area contributed by atoms with E-state index in [9.17, 15) is 4.79 Å². The average molecular weight is 368 g/mol. The molecule has 1 amide bonds. The molecule has 0 saturated carbocycles. The summed E-state index contributed by atoms with van der Waals surface area (Å²) < 4.78 is 5.26. The van der Waals surface area contributed by atoms with Gasteiger partial charge in [0, 0.05) is 32.7 Å². The van der Waals surface area contributed by atoms with E-state index >= 15 is 0 Å². The number of carbonyl (C=O) groups is 1. The second kappa shape index (κ2) is 8.39. The molecule has 1 fully saturated rings. The van der Waals surface area contributed by atoms with Gasteiger partial charge < -0.3 is 9.64 Å². The topological polar surface area (TPSA) is 57.7 Å². The molecule has 1 saturated heterocycles. The van der Waals surface area contributed by atoms with Crippen LogP contribution in [0.15, 0.2) is 48.7 Å². The van der Waals surface area contributed by atoms with Crippen LogP contribution in [0.2, 0.25) is 0 Å². The molecule has 1 aromatic carbocycles. The van der Waals surface area contributed by atoms with E-state index in [0.29, 0.717) is 5.69 Å². The summed E-state index contributed by atoms with van der Waals surface area (Å²) in [7, 11) is 0. The lowest BCUT2D eigenvalue weighted by molar-refractivity contribution is 0.0636. The molecule has 0 bridgehead atoms. The van der Waals surface area contributed by atoms with Crippen molar-refractivity contribution in [1.82, 2.24) is 9.88 Å². The predicted molar refractivity (Wildman–Crippen MR) is 108 cm³/mol. The van der Waals surface area contributed by atoms with Gasteiger partial charge in [0.25, 0.3) is 0 Å². The van der Waals surface area contributed by atoms with Crippen molar-refractivity contribution < 1.29 is 9.53 Å². The highest BCUT2D eigenvalue weighted by Gasteiger charge is 2.19. The number of amides is 1. The molecule has 144 valence electrons. The maximum atomic E-state index is 11.8. The zero-order chi connectivity index (χ0) is 19.3. The largest absolute Gasteiger partial charge is 0.444 e. The van der Waals surface area contributed by atoms with Crippen molar-refractivity contribution in [1.29, 1.82) is 0 Å². The first-order valence-corrected chi connectivity index (χ1v) is 9.36. The first kappa shape index (κ1) is 19.2. The van der Waals surface area contributed by atoms with E-state index in [-0.39, 0.29) is 0 Å². The minimum atomic E-state index is -0.517. The Morgan fingerprint density at radius 2 is 1.78 bits per heavy atom. The lowest BCUT2D eigenvalue weighted by Gasteiger charge is -2.35. The third-order valence-electron chi connectivity index (χ3n) is 4.34. The summed E-state index contributed by atoms with van der Waals surface area (Å²) in [5.41, 5.74) is 1.47. The SMILES string of the molecule is CC(C)(C)OC(=O)Nc1ccc(N2CCN(Cc3ccccc3)CC2)nc1. The summed E-state index contributed by atoms with van der Waals surface area (Å²) in [6.45, 7) is 10.4. The van der Waals surface area contributed by atoms with Gasteiger partial charge in [-0.3, -0.25) is 10.2 Å². The van der Waals surface area contributed by atoms with E-state index in [1.165, 1.54) is 5.56 Å². The molecule has 2 heterocycles. The number of hydrogen-bond donors (Lipinski definition) is 1. The molecule has 6 nitrogen and oxygen atoms in total. The zero-order valence-corrected chi connectivity index (χ0v) is 16.3. The van der Waals surface area contributed by atoms with Gasteiger partial charge in [0.05, 0.1) is 11.9 Å². The number of aromatic nitrogens is 1. The zero-order valence-electron chi connectivity index (χ0n) is 16.3. The van der Waals surface area contributed by atoms with E-state index in [0.717, 1.165) is 38.5 Å². The highest BCUT2D eigenvalue weighted by Crippen LogP contribution is 2.18. The van der Waals surface area contributed by atoms with Crippen molar-refractivity contribution in [3.8, 4) is 0 Å². The normalized spacial score (nSPS) is 15.4. The van der Waals surface area contributed by atoms with Gasteiger partial charge in [-0.2, -0.15) is 0 Å². The minimum Gasteiger partial charge on any atom is -0.444 e. The summed E-state index contributed by atoms with van der Waals surface area (Å²) in [6.07, 6.45) is 1.21. The summed E-state index contributed by atoms with van der Waals surface area (Å²) in [5, 5.41) is 2.71. The molecular weight excluding hydrogens is 340 g/mol. The summed E-state index contributed by atoms with van der Waals surface area (Å²) in [4.78, 5) is 21.1. The maximum absolute atomic E-state index is 11.8. The number of carbonyl (C=O) groups excluding carboxylic acids is 1. The number of hydrogen-bond acceptors (Lipinski definition) is 5. The molecular formula is C21H28N4O2. The number of piperazine rings is 1. The molecule has 0 unspecified atom stereocenters. The molecule has 2 aromatic rings. The first-order chi connectivity index (χ1) is 12.9. The second-order valence-electron chi connectivity index (χ2n) is 7.78. The van der Waals surface area contributed by atoms with Crippen molar-refractivity contribution in [3.63, 3.8) is 0 Å². The summed E-state index contributed by atoms with van der Waals surface area (Å²) >= 11 is 0. The number of anilines is 2. The van der Waals surface area contributed by atoms with E-state index in [1.807, 2.05) is 32.9 Å². The standard InChI is InChI=1S/C21H28N4O2/c1-21(2,3)27-20(26)23-18-9-10-19(22-15-18)25-13-11-24(12-14-25)16-17-7-5-4-6-8-17/h4-10,15H,11-14,16H2,1-3H3,(H,23,26). The number of nitrogens with zero attached hydrogens (tertiary/aromatic N) is 3. The Morgan fingerprint density at radius 3 is 2.37 bits per heavy atom. The number of ether oxygens (including phenoxy) is 1. The average Bonchev–Trinajstić information content (AvgIpc) is 2.62. The molecule has 0 aliphatic carbocycles. The van der Waals surface area contributed by atoms with Crippen LogP contribution in [0.1, 0.15) is 26.3 Å². The maximum Gasteiger partial charge on any atom is 0.412 e. The minimum absolute atomic E-state index is 0.466. The highest BCUT2D eigenvalue weighted by molar-refractivity contribution is 5.84. The Hall–Kier alpha value is -2.60. The Labute approximate surface area is 161 Å². The summed E-state index contributed by atoms with van der Waals surface area (Å²) in [5.74, 6) is 0.934. The van der Waals surface area contributed by atoms with Crippen molar-refractivity contribution in [2.45, 2.75) is 32.9 Å². The predicted octanol–water partition coefficient (Wildman–Crippen LogP) is 3.75. The van der Waals surface area contributed by atoms with Crippen LogP contribution in [-0.4, -0.2) is 47.8 Å². The van der Waals surface area contributed by atoms with Crippen LogP contribution in [0.3, 0.4) is 0 Å². The van der Waals surface area contributed by atoms with Crippen LogP contribution >= 0.6 is 0 Å². The fraction of sp³-hybridized carbons (Fsp3) is 0.429. The molecule has 0 radical (unpaired) electrons. The molecule has 0 spiro atoms. The molecule has 6 heteroatoms. The van der Waals surface area contributed by atoms with E-state index in [2.05, 4.69) is 50.4 Å². The summed E-state index contributed by atoms with van der Waals surface area (Å²) in [6, 6.07) is 14.4. The van der Waals surface area contributed by atoms with E-state index in [4.69, 9.17) is 4.74 Å². The second-order valence-corrected chi connectivity index (χ2v) is 7.78. The van der Waals surface area contributed by atoms with Gasteiger partial charge >= 0.3 is 6.09 Å². The third-order valence-corrected chi connectivity index (χ3v) is 4.34. The van der Waals surface area contributed by atoms with Gasteiger partial charge in [-0.25, -0.2) is 9.78 Å². The van der Waals surface area contributed by atoms with Crippen molar-refractivity contribution >= 4 is 17.6 Å². The first-order valence-electron chi connectivity index (χ1n) is 9.36. The van der Waals surface area contributed by atoms with Gasteiger partial charge in [0.2, 0.25) is 0 Å². The Morgan fingerprint density at radius 1 is 1.07 bits per heavy atom. The van der Waals surface area contributed by atoms with Crippen LogP contribution in [0.5, 0.6) is 0 Å². The lowest BCUT2D eigenvalue weighted by Crippen LogP contribution is -2.46. The van der Waals surface area contributed by atoms with E-state index < -0.39 is 11.7 Å². The van der Waals surface area contributed by atoms with Crippen LogP contribution in [-0.2, 0) is 11.3 Å². The van der Waals surface area contributed by atoms with Crippen LogP contribution in [0.25, 0.3) is 0 Å². The van der Waals surface area contributed by atoms with Gasteiger partial charge in [-0.15, -0.1) is 0 Å². The number of pyridine rings is 1. The number of rotatable bonds is 4. The van der Waals surface area contributed by atoms with Crippen LogP contribution in [0.4, 0.5) is 16.3 Å². The molecule has 3 rings (SSSR count). The van der Waals surface area contributed by atoms with Crippen LogP contribution in [0, 0.1) is 0 Å². The Kier molecular flexibility index (Phi) is 5.96. The number of benzene rings is 1. The molecule has 27 heavy (non-hydrogen) atoms. The molecule has 1 aromatic heterocycles. The molecule has 1 aliphatic rings. The third kappa shape index (κ3) is 5.96. The van der Waals surface area contributed by atoms with Crippen molar-refractivity contribution in [3.05, 3.63) is 54.2 Å². The van der Waals surface area contributed by atoms with Gasteiger partial charge in [-0.05, 0) is 38.5 Å². The van der Waals surface area contributed by atoms with E-state index in [1.54, 1.807) is 6.20 Å². The van der Waals surface area contributed by atoms with Gasteiger partial charge in [-0.1, -0.05) is 30.3 Å². The quantitative estimate of drug-likeness (QED) is 0.891. The molecule has 1 aliphatic heterocycles. The lowest BCUT2D eigenvalue weighted by atomic mass is 10.2. The molecule has 1 N–H and O–H groups in total. The monoisotopic (exact) mass is 368 g/mol. The Balaban J connectivity index is 1.49. The Bertz CT molecular complexity index is 733.